The molecule has 2 heteroatoms. The Morgan fingerprint density at radius 1 is 0.850 bits per heavy atom. The first-order valence-electron chi connectivity index (χ1n) is 6.84. The molecule has 0 fully saturated rings. The van der Waals surface area contributed by atoms with Crippen LogP contribution in [0.1, 0.15) is 23.6 Å². The van der Waals surface area contributed by atoms with Crippen LogP contribution < -0.4 is 9.47 Å². The Morgan fingerprint density at radius 2 is 1.45 bits per heavy atom. The minimum absolute atomic E-state index is 0.942. The number of hydrogen-bond acceptors (Lipinski definition) is 2. The van der Waals surface area contributed by atoms with Crippen molar-refractivity contribution in [2.24, 2.45) is 0 Å². The molecule has 0 amide bonds. The molecule has 0 saturated heterocycles. The molecule has 0 radical (unpaired) electrons. The van der Waals surface area contributed by atoms with E-state index in [9.17, 15) is 0 Å². The lowest BCUT2D eigenvalue weighted by Crippen LogP contribution is -1.88. The molecule has 20 heavy (non-hydrogen) atoms. The van der Waals surface area contributed by atoms with Crippen LogP contribution in [0.15, 0.2) is 42.5 Å². The molecule has 2 rings (SSSR count). The molecule has 108 valence electrons. The summed E-state index contributed by atoms with van der Waals surface area (Å²) in [6.45, 7) is 6.25. The average molecular weight is 272 g/mol. The maximum Gasteiger partial charge on any atom is 0.122 e. The zero-order valence-corrected chi connectivity index (χ0v) is 13.1. The molecular formula is C18H24O2. The van der Waals surface area contributed by atoms with Crippen LogP contribution in [-0.2, 0) is 6.42 Å². The lowest BCUT2D eigenvalue weighted by atomic mass is 10.1. The van der Waals surface area contributed by atoms with Crippen LogP contribution in [0, 0.1) is 13.8 Å². The summed E-state index contributed by atoms with van der Waals surface area (Å²) in [6, 6.07) is 14.2. The highest BCUT2D eigenvalue weighted by molar-refractivity contribution is 5.33. The Bertz CT molecular complexity index is 489. The third-order valence-electron chi connectivity index (χ3n) is 3.00. The molecule has 2 aromatic rings. The van der Waals surface area contributed by atoms with Crippen molar-refractivity contribution in [1.82, 2.24) is 0 Å². The zero-order chi connectivity index (χ0) is 15.0. The van der Waals surface area contributed by atoms with Gasteiger partial charge in [-0.25, -0.2) is 0 Å². The summed E-state index contributed by atoms with van der Waals surface area (Å²) in [5.74, 6) is 1.93. The number of hydrogen-bond donors (Lipinski definition) is 0. The molecule has 0 aromatic heterocycles. The van der Waals surface area contributed by atoms with E-state index in [0.717, 1.165) is 17.9 Å². The fraction of sp³-hybridized carbons (Fsp3) is 0.333. The second-order valence-corrected chi connectivity index (χ2v) is 4.69. The van der Waals surface area contributed by atoms with Gasteiger partial charge in [-0.1, -0.05) is 31.2 Å². The Kier molecular flexibility index (Phi) is 6.65. The van der Waals surface area contributed by atoms with E-state index in [1.807, 2.05) is 30.3 Å². The summed E-state index contributed by atoms with van der Waals surface area (Å²) in [4.78, 5) is 0. The number of benzene rings is 2. The van der Waals surface area contributed by atoms with Crippen molar-refractivity contribution in [1.29, 1.82) is 0 Å². The van der Waals surface area contributed by atoms with Crippen molar-refractivity contribution in [3.63, 3.8) is 0 Å². The lowest BCUT2D eigenvalue weighted by molar-refractivity contribution is 0.410. The molecule has 2 aromatic carbocycles. The maximum atomic E-state index is 5.14. The number of ether oxygens (including phenoxy) is 2. The van der Waals surface area contributed by atoms with Crippen LogP contribution in [0.4, 0.5) is 0 Å². The van der Waals surface area contributed by atoms with Crippen LogP contribution in [0.25, 0.3) is 0 Å². The van der Waals surface area contributed by atoms with Gasteiger partial charge in [0.15, 0.2) is 0 Å². The molecule has 0 unspecified atom stereocenters. The molecule has 0 bridgehead atoms. The predicted molar refractivity (Wildman–Crippen MR) is 84.8 cm³/mol. The van der Waals surface area contributed by atoms with Crippen LogP contribution >= 0.6 is 0 Å². The highest BCUT2D eigenvalue weighted by Crippen LogP contribution is 2.17. The van der Waals surface area contributed by atoms with Crippen molar-refractivity contribution >= 4 is 0 Å². The highest BCUT2D eigenvalue weighted by atomic mass is 16.5. The Labute approximate surface area is 122 Å². The quantitative estimate of drug-likeness (QED) is 0.815. The second kappa shape index (κ2) is 8.26. The fourth-order valence-electron chi connectivity index (χ4n) is 2.05. The van der Waals surface area contributed by atoms with Crippen LogP contribution in [0.5, 0.6) is 11.5 Å². The van der Waals surface area contributed by atoms with Gasteiger partial charge in [0.25, 0.3) is 0 Å². The normalized spacial score (nSPS) is 9.45. The van der Waals surface area contributed by atoms with Crippen LogP contribution in [0.3, 0.4) is 0 Å². The highest BCUT2D eigenvalue weighted by Gasteiger charge is 1.95. The predicted octanol–water partition coefficient (Wildman–Crippen LogP) is 4.57. The number of rotatable bonds is 3. The summed E-state index contributed by atoms with van der Waals surface area (Å²) < 4.78 is 10.2. The average Bonchev–Trinajstić information content (AvgIpc) is 2.46. The third-order valence-corrected chi connectivity index (χ3v) is 3.00. The van der Waals surface area contributed by atoms with Crippen LogP contribution in [0.2, 0.25) is 0 Å². The smallest absolute Gasteiger partial charge is 0.122 e. The van der Waals surface area contributed by atoms with Crippen LogP contribution in [-0.4, -0.2) is 14.2 Å². The van der Waals surface area contributed by atoms with E-state index in [2.05, 4.69) is 32.9 Å². The Balaban J connectivity index is 0.000000200. The van der Waals surface area contributed by atoms with E-state index in [4.69, 9.17) is 9.47 Å². The second-order valence-electron chi connectivity index (χ2n) is 4.69. The van der Waals surface area contributed by atoms with E-state index in [0.29, 0.717) is 0 Å². The van der Waals surface area contributed by atoms with E-state index in [-0.39, 0.29) is 0 Å². The first kappa shape index (κ1) is 16.1. The van der Waals surface area contributed by atoms with Crippen molar-refractivity contribution in [3.8, 4) is 11.5 Å². The molecule has 0 N–H and O–H groups in total. The topological polar surface area (TPSA) is 18.5 Å². The molecule has 0 heterocycles. The summed E-state index contributed by atoms with van der Waals surface area (Å²) in [6.07, 6.45) is 1.03. The molecule has 0 aliphatic carbocycles. The van der Waals surface area contributed by atoms with Gasteiger partial charge >= 0.3 is 0 Å². The summed E-state index contributed by atoms with van der Waals surface area (Å²) >= 11 is 0. The monoisotopic (exact) mass is 272 g/mol. The van der Waals surface area contributed by atoms with E-state index >= 15 is 0 Å². The zero-order valence-electron chi connectivity index (χ0n) is 13.1. The first-order valence-corrected chi connectivity index (χ1v) is 6.84. The van der Waals surface area contributed by atoms with E-state index < -0.39 is 0 Å². The van der Waals surface area contributed by atoms with Gasteiger partial charge in [0.05, 0.1) is 14.2 Å². The largest absolute Gasteiger partial charge is 0.497 e. The standard InChI is InChI=1S/2C9H12O/c1-7-4-8(2)6-9(5-7)10-3;1-3-8-6-4-5-7-9(8)10-2/h4-6H,1-3H3;4-7H,3H2,1-2H3. The molecule has 2 nitrogen and oxygen atoms in total. The third kappa shape index (κ3) is 4.96. The first-order chi connectivity index (χ1) is 9.60. The molecule has 0 aliphatic rings. The maximum absolute atomic E-state index is 5.14. The molecule has 0 spiro atoms. The van der Waals surface area contributed by atoms with Gasteiger partial charge in [-0.2, -0.15) is 0 Å². The van der Waals surface area contributed by atoms with Gasteiger partial charge in [-0.05, 0) is 55.2 Å². The van der Waals surface area contributed by atoms with Crippen molar-refractivity contribution < 1.29 is 9.47 Å². The van der Waals surface area contributed by atoms with Crippen molar-refractivity contribution in [3.05, 3.63) is 59.2 Å². The summed E-state index contributed by atoms with van der Waals surface area (Å²) in [5.41, 5.74) is 3.76. The number of aryl methyl sites for hydroxylation is 3. The molecule has 0 atom stereocenters. The van der Waals surface area contributed by atoms with Gasteiger partial charge in [0.2, 0.25) is 0 Å². The number of methoxy groups -OCH3 is 2. The molecule has 0 saturated carbocycles. The van der Waals surface area contributed by atoms with E-state index in [1.165, 1.54) is 16.7 Å². The minimum atomic E-state index is 0.942. The molecular weight excluding hydrogens is 248 g/mol. The van der Waals surface area contributed by atoms with Crippen molar-refractivity contribution in [2.45, 2.75) is 27.2 Å². The van der Waals surface area contributed by atoms with Gasteiger partial charge in [-0.15, -0.1) is 0 Å². The van der Waals surface area contributed by atoms with Gasteiger partial charge in [0.1, 0.15) is 11.5 Å². The Morgan fingerprint density at radius 3 is 1.90 bits per heavy atom. The number of para-hydroxylation sites is 1. The van der Waals surface area contributed by atoms with Gasteiger partial charge in [-0.3, -0.25) is 0 Å². The van der Waals surface area contributed by atoms with Crippen molar-refractivity contribution in [2.75, 3.05) is 14.2 Å². The SMILES string of the molecule is CCc1ccccc1OC.COc1cc(C)cc(C)c1. The minimum Gasteiger partial charge on any atom is -0.497 e. The summed E-state index contributed by atoms with van der Waals surface area (Å²) in [7, 11) is 3.39. The van der Waals surface area contributed by atoms with E-state index in [1.54, 1.807) is 14.2 Å². The van der Waals surface area contributed by atoms with Gasteiger partial charge < -0.3 is 9.47 Å². The summed E-state index contributed by atoms with van der Waals surface area (Å²) in [5, 5.41) is 0. The Hall–Kier alpha value is -1.96. The van der Waals surface area contributed by atoms with Gasteiger partial charge in [0, 0.05) is 0 Å². The fourth-order valence-corrected chi connectivity index (χ4v) is 2.05. The lowest BCUT2D eigenvalue weighted by Gasteiger charge is -2.03. The molecule has 0 aliphatic heterocycles.